The second kappa shape index (κ2) is 7.33. The summed E-state index contributed by atoms with van der Waals surface area (Å²) in [5.41, 5.74) is 1.95. The molecular weight excluding hydrogens is 282 g/mol. The lowest BCUT2D eigenvalue weighted by molar-refractivity contribution is -0.121. The van der Waals surface area contributed by atoms with Crippen LogP contribution in [-0.4, -0.2) is 29.9 Å². The van der Waals surface area contributed by atoms with Crippen molar-refractivity contribution < 1.29 is 4.79 Å². The molecule has 1 unspecified atom stereocenters. The van der Waals surface area contributed by atoms with Crippen molar-refractivity contribution in [3.63, 3.8) is 0 Å². The Morgan fingerprint density at radius 2 is 2.05 bits per heavy atom. The Hall–Kier alpha value is -1.72. The van der Waals surface area contributed by atoms with Gasteiger partial charge in [0, 0.05) is 11.9 Å². The molecule has 2 rings (SSSR count). The molecule has 21 heavy (non-hydrogen) atoms. The van der Waals surface area contributed by atoms with Gasteiger partial charge in [-0.15, -0.1) is 11.3 Å². The summed E-state index contributed by atoms with van der Waals surface area (Å²) in [6, 6.07) is 9.97. The van der Waals surface area contributed by atoms with Gasteiger partial charge in [0.2, 0.25) is 5.91 Å². The Balaban J connectivity index is 1.88. The molecule has 2 aromatic rings. The third kappa shape index (κ3) is 4.95. The second-order valence-corrected chi connectivity index (χ2v) is 6.29. The summed E-state index contributed by atoms with van der Waals surface area (Å²) < 4.78 is 0. The molecule has 0 saturated carbocycles. The highest BCUT2D eigenvalue weighted by Gasteiger charge is 2.12. The van der Waals surface area contributed by atoms with E-state index in [1.54, 1.807) is 11.3 Å². The minimum absolute atomic E-state index is 0.00746. The topological polar surface area (TPSA) is 45.2 Å². The predicted octanol–water partition coefficient (Wildman–Crippen LogP) is 2.62. The summed E-state index contributed by atoms with van der Waals surface area (Å²) in [5, 5.41) is 6.01. The fraction of sp³-hybridized carbons (Fsp3) is 0.375. The van der Waals surface area contributed by atoms with E-state index in [1.165, 1.54) is 0 Å². The zero-order chi connectivity index (χ0) is 15.2. The number of nitrogens with zero attached hydrogens (tertiary/aromatic N) is 2. The Labute approximate surface area is 129 Å². The maximum atomic E-state index is 12.1. The van der Waals surface area contributed by atoms with Crippen LogP contribution < -0.4 is 5.32 Å². The van der Waals surface area contributed by atoms with Crippen LogP contribution in [0.25, 0.3) is 0 Å². The quantitative estimate of drug-likeness (QED) is 0.892. The lowest BCUT2D eigenvalue weighted by Crippen LogP contribution is -2.28. The third-order valence-corrected chi connectivity index (χ3v) is 3.95. The summed E-state index contributed by atoms with van der Waals surface area (Å²) in [6.45, 7) is 2.80. The van der Waals surface area contributed by atoms with Crippen LogP contribution in [0, 0.1) is 0 Å². The molecule has 5 heteroatoms. The molecule has 1 aromatic carbocycles. The standard InChI is InChI=1S/C16H21N3OS/c1-12(13-7-5-4-6-8-13)17-15(20)9-14-11-21-16(18-14)10-19(2)3/h4-8,11-12H,9-10H2,1-3H3,(H,17,20). The maximum Gasteiger partial charge on any atom is 0.226 e. The summed E-state index contributed by atoms with van der Waals surface area (Å²) in [5.74, 6) is 0.00746. The molecule has 112 valence electrons. The van der Waals surface area contributed by atoms with E-state index in [1.807, 2.05) is 56.7 Å². The van der Waals surface area contributed by atoms with Crippen LogP contribution in [0.5, 0.6) is 0 Å². The van der Waals surface area contributed by atoms with Gasteiger partial charge in [0.25, 0.3) is 0 Å². The highest BCUT2D eigenvalue weighted by molar-refractivity contribution is 7.09. The van der Waals surface area contributed by atoms with Crippen molar-refractivity contribution in [2.75, 3.05) is 14.1 Å². The number of aromatic nitrogens is 1. The average molecular weight is 303 g/mol. The first kappa shape index (κ1) is 15.7. The van der Waals surface area contributed by atoms with Crippen LogP contribution in [0.2, 0.25) is 0 Å². The van der Waals surface area contributed by atoms with E-state index in [9.17, 15) is 4.79 Å². The van der Waals surface area contributed by atoms with Gasteiger partial charge < -0.3 is 10.2 Å². The maximum absolute atomic E-state index is 12.1. The Morgan fingerprint density at radius 1 is 1.33 bits per heavy atom. The summed E-state index contributed by atoms with van der Waals surface area (Å²) in [4.78, 5) is 18.6. The van der Waals surface area contributed by atoms with E-state index in [-0.39, 0.29) is 11.9 Å². The van der Waals surface area contributed by atoms with Crippen molar-refractivity contribution in [2.24, 2.45) is 0 Å². The number of carbonyl (C=O) groups excluding carboxylic acids is 1. The molecule has 1 atom stereocenters. The molecule has 1 aromatic heterocycles. The first-order valence-electron chi connectivity index (χ1n) is 6.97. The fourth-order valence-electron chi connectivity index (χ4n) is 2.06. The van der Waals surface area contributed by atoms with Gasteiger partial charge in [-0.25, -0.2) is 4.98 Å². The monoisotopic (exact) mass is 303 g/mol. The van der Waals surface area contributed by atoms with Gasteiger partial charge in [-0.2, -0.15) is 0 Å². The van der Waals surface area contributed by atoms with E-state index in [2.05, 4.69) is 15.2 Å². The van der Waals surface area contributed by atoms with Crippen LogP contribution in [0.1, 0.15) is 29.2 Å². The highest BCUT2D eigenvalue weighted by Crippen LogP contribution is 2.14. The molecule has 0 aliphatic carbocycles. The second-order valence-electron chi connectivity index (χ2n) is 5.35. The molecule has 0 saturated heterocycles. The van der Waals surface area contributed by atoms with E-state index >= 15 is 0 Å². The molecule has 0 spiro atoms. The van der Waals surface area contributed by atoms with Gasteiger partial charge in [-0.05, 0) is 26.6 Å². The first-order chi connectivity index (χ1) is 10.0. The molecule has 1 N–H and O–H groups in total. The molecule has 0 aliphatic rings. The van der Waals surface area contributed by atoms with Gasteiger partial charge in [0.1, 0.15) is 5.01 Å². The molecule has 4 nitrogen and oxygen atoms in total. The highest BCUT2D eigenvalue weighted by atomic mass is 32.1. The van der Waals surface area contributed by atoms with Crippen LogP contribution in [-0.2, 0) is 17.8 Å². The van der Waals surface area contributed by atoms with Gasteiger partial charge >= 0.3 is 0 Å². The number of carbonyl (C=O) groups is 1. The molecular formula is C16H21N3OS. The fourth-order valence-corrected chi connectivity index (χ4v) is 2.97. The van der Waals surface area contributed by atoms with Gasteiger partial charge in [0.15, 0.2) is 0 Å². The number of benzene rings is 1. The first-order valence-corrected chi connectivity index (χ1v) is 7.85. The SMILES string of the molecule is CC(NC(=O)Cc1csc(CN(C)C)n1)c1ccccc1. The normalized spacial score (nSPS) is 12.4. The molecule has 1 amide bonds. The zero-order valence-corrected chi connectivity index (χ0v) is 13.5. The van der Waals surface area contributed by atoms with Gasteiger partial charge in [0.05, 0.1) is 18.2 Å². The summed E-state index contributed by atoms with van der Waals surface area (Å²) >= 11 is 1.60. The van der Waals surface area contributed by atoms with Gasteiger partial charge in [-0.1, -0.05) is 30.3 Å². The Kier molecular flexibility index (Phi) is 5.47. The van der Waals surface area contributed by atoms with Crippen LogP contribution in [0.15, 0.2) is 35.7 Å². The number of hydrogen-bond donors (Lipinski definition) is 1. The largest absolute Gasteiger partial charge is 0.349 e. The van der Waals surface area contributed by atoms with Crippen molar-refractivity contribution >= 4 is 17.2 Å². The summed E-state index contributed by atoms with van der Waals surface area (Å²) in [7, 11) is 4.02. The smallest absolute Gasteiger partial charge is 0.226 e. The number of rotatable bonds is 6. The van der Waals surface area contributed by atoms with Crippen LogP contribution in [0.3, 0.4) is 0 Å². The molecule has 0 fully saturated rings. The van der Waals surface area contributed by atoms with Crippen molar-refractivity contribution in [1.82, 2.24) is 15.2 Å². The van der Waals surface area contributed by atoms with E-state index < -0.39 is 0 Å². The molecule has 0 bridgehead atoms. The Morgan fingerprint density at radius 3 is 2.71 bits per heavy atom. The van der Waals surface area contributed by atoms with Crippen molar-refractivity contribution in [2.45, 2.75) is 25.9 Å². The van der Waals surface area contributed by atoms with Crippen molar-refractivity contribution in [1.29, 1.82) is 0 Å². The number of amides is 1. The number of nitrogens with one attached hydrogen (secondary N) is 1. The van der Waals surface area contributed by atoms with E-state index in [0.29, 0.717) is 6.42 Å². The zero-order valence-electron chi connectivity index (χ0n) is 12.7. The average Bonchev–Trinajstić information content (AvgIpc) is 2.85. The Bertz CT molecular complexity index is 580. The number of hydrogen-bond acceptors (Lipinski definition) is 4. The molecule has 0 radical (unpaired) electrons. The lowest BCUT2D eigenvalue weighted by Gasteiger charge is -2.13. The van der Waals surface area contributed by atoms with E-state index in [0.717, 1.165) is 22.8 Å². The number of thiazole rings is 1. The predicted molar refractivity (Wildman–Crippen MR) is 86.2 cm³/mol. The van der Waals surface area contributed by atoms with Crippen molar-refractivity contribution in [3.8, 4) is 0 Å². The lowest BCUT2D eigenvalue weighted by atomic mass is 10.1. The minimum Gasteiger partial charge on any atom is -0.349 e. The minimum atomic E-state index is 0.00746. The molecule has 0 aliphatic heterocycles. The van der Waals surface area contributed by atoms with Gasteiger partial charge in [-0.3, -0.25) is 4.79 Å². The van der Waals surface area contributed by atoms with E-state index in [4.69, 9.17) is 0 Å². The third-order valence-electron chi connectivity index (χ3n) is 3.07. The van der Waals surface area contributed by atoms with Crippen molar-refractivity contribution in [3.05, 3.63) is 52.0 Å². The van der Waals surface area contributed by atoms with Crippen LogP contribution in [0.4, 0.5) is 0 Å². The summed E-state index contributed by atoms with van der Waals surface area (Å²) in [6.07, 6.45) is 0.334. The van der Waals surface area contributed by atoms with Crippen LogP contribution >= 0.6 is 11.3 Å². The molecule has 1 heterocycles.